The molecule has 1 aliphatic rings. The van der Waals surface area contributed by atoms with Gasteiger partial charge in [-0.15, -0.1) is 0 Å². The molecule has 1 aromatic rings. The minimum Gasteiger partial charge on any atom is -0.326 e. The quantitative estimate of drug-likeness (QED) is 0.649. The number of hydrogen-bond donors (Lipinski definition) is 3. The van der Waals surface area contributed by atoms with Gasteiger partial charge in [0.25, 0.3) is 0 Å². The van der Waals surface area contributed by atoms with Crippen molar-refractivity contribution in [2.45, 2.75) is 23.8 Å². The van der Waals surface area contributed by atoms with Crippen LogP contribution < -0.4 is 15.2 Å². The third-order valence-electron chi connectivity index (χ3n) is 3.28. The number of sulfonamides is 2. The molecule has 0 heterocycles. The van der Waals surface area contributed by atoms with Crippen LogP contribution in [0.1, 0.15) is 12.8 Å². The van der Waals surface area contributed by atoms with Crippen molar-refractivity contribution in [3.05, 3.63) is 24.0 Å². The molecule has 10 heteroatoms. The number of rotatable bonds is 7. The van der Waals surface area contributed by atoms with E-state index in [1.807, 2.05) is 4.72 Å². The highest BCUT2D eigenvalue weighted by molar-refractivity contribution is 7.92. The Hall–Kier alpha value is -1.23. The molecule has 1 aromatic carbocycles. The van der Waals surface area contributed by atoms with Crippen molar-refractivity contribution in [2.75, 3.05) is 17.5 Å². The summed E-state index contributed by atoms with van der Waals surface area (Å²) in [6.07, 6.45) is 2.85. The van der Waals surface area contributed by atoms with E-state index in [0.29, 0.717) is 5.92 Å². The van der Waals surface area contributed by atoms with Crippen LogP contribution in [0.25, 0.3) is 0 Å². The molecule has 0 saturated heterocycles. The standard InChI is InChI=1S/C12H18FN3O4S2/c1-21(17,18)16-12-5-4-9(6-10(12)13)22(19,20)15-7-11(14)8-2-3-8/h4-6,8,11,15-16H,2-3,7,14H2,1H3. The number of halogens is 1. The summed E-state index contributed by atoms with van der Waals surface area (Å²) in [6, 6.07) is 2.69. The minimum absolute atomic E-state index is 0.0813. The largest absolute Gasteiger partial charge is 0.326 e. The van der Waals surface area contributed by atoms with Gasteiger partial charge in [0.1, 0.15) is 5.82 Å². The third-order valence-corrected chi connectivity index (χ3v) is 5.29. The van der Waals surface area contributed by atoms with Gasteiger partial charge in [0.05, 0.1) is 16.8 Å². The van der Waals surface area contributed by atoms with Gasteiger partial charge in [-0.1, -0.05) is 0 Å². The van der Waals surface area contributed by atoms with E-state index in [9.17, 15) is 21.2 Å². The second-order valence-electron chi connectivity index (χ2n) is 5.37. The molecule has 7 nitrogen and oxygen atoms in total. The second-order valence-corrected chi connectivity index (χ2v) is 8.88. The Bertz CT molecular complexity index is 761. The van der Waals surface area contributed by atoms with E-state index in [0.717, 1.165) is 37.3 Å². The lowest BCUT2D eigenvalue weighted by molar-refractivity contribution is 0.546. The smallest absolute Gasteiger partial charge is 0.240 e. The molecule has 1 fully saturated rings. The fourth-order valence-electron chi connectivity index (χ4n) is 1.93. The maximum atomic E-state index is 13.8. The van der Waals surface area contributed by atoms with Gasteiger partial charge in [-0.2, -0.15) is 0 Å². The summed E-state index contributed by atoms with van der Waals surface area (Å²) < 4.78 is 64.3. The zero-order valence-corrected chi connectivity index (χ0v) is 13.5. The molecular formula is C12H18FN3O4S2. The molecule has 0 radical (unpaired) electrons. The summed E-state index contributed by atoms with van der Waals surface area (Å²) in [5.74, 6) is -0.638. The number of nitrogens with two attached hydrogens (primary N) is 1. The van der Waals surface area contributed by atoms with E-state index < -0.39 is 25.9 Å². The topological polar surface area (TPSA) is 118 Å². The summed E-state index contributed by atoms with van der Waals surface area (Å²) in [5, 5.41) is 0. The fourth-order valence-corrected chi connectivity index (χ4v) is 3.58. The minimum atomic E-state index is -3.89. The molecule has 1 saturated carbocycles. The molecule has 0 amide bonds. The maximum Gasteiger partial charge on any atom is 0.240 e. The highest BCUT2D eigenvalue weighted by Crippen LogP contribution is 2.31. The first-order chi connectivity index (χ1) is 10.1. The molecule has 0 aliphatic heterocycles. The first-order valence-corrected chi connectivity index (χ1v) is 9.98. The lowest BCUT2D eigenvalue weighted by atomic mass is 10.2. The molecule has 0 spiro atoms. The Morgan fingerprint density at radius 1 is 1.32 bits per heavy atom. The fraction of sp³-hybridized carbons (Fsp3) is 0.500. The molecule has 1 aliphatic carbocycles. The van der Waals surface area contributed by atoms with Gasteiger partial charge in [-0.05, 0) is 37.0 Å². The average Bonchev–Trinajstić information content (AvgIpc) is 3.21. The lowest BCUT2D eigenvalue weighted by Gasteiger charge is -2.13. The van der Waals surface area contributed by atoms with Crippen molar-refractivity contribution < 1.29 is 21.2 Å². The summed E-state index contributed by atoms with van der Waals surface area (Å²) in [4.78, 5) is -0.285. The first kappa shape index (κ1) is 17.1. The molecular weight excluding hydrogens is 333 g/mol. The molecule has 1 atom stereocenters. The van der Waals surface area contributed by atoms with Crippen molar-refractivity contribution >= 4 is 25.7 Å². The Kier molecular flexibility index (Phi) is 4.76. The van der Waals surface area contributed by atoms with E-state index >= 15 is 0 Å². The van der Waals surface area contributed by atoms with E-state index in [2.05, 4.69) is 4.72 Å². The SMILES string of the molecule is CS(=O)(=O)Nc1ccc(S(=O)(=O)NCC(N)C2CC2)cc1F. The lowest BCUT2D eigenvalue weighted by Crippen LogP contribution is -2.38. The van der Waals surface area contributed by atoms with Gasteiger partial charge < -0.3 is 5.73 Å². The van der Waals surface area contributed by atoms with E-state index in [1.165, 1.54) is 0 Å². The van der Waals surface area contributed by atoms with Crippen molar-refractivity contribution in [1.82, 2.24) is 4.72 Å². The number of benzene rings is 1. The van der Waals surface area contributed by atoms with Crippen LogP contribution in [0.15, 0.2) is 23.1 Å². The van der Waals surface area contributed by atoms with Crippen LogP contribution in [-0.2, 0) is 20.0 Å². The number of anilines is 1. The maximum absolute atomic E-state index is 13.8. The zero-order valence-electron chi connectivity index (χ0n) is 11.9. The van der Waals surface area contributed by atoms with Gasteiger partial charge in [-0.25, -0.2) is 25.9 Å². The Labute approximate surface area is 129 Å². The highest BCUT2D eigenvalue weighted by atomic mass is 32.2. The van der Waals surface area contributed by atoms with Gasteiger partial charge in [0.2, 0.25) is 20.0 Å². The Balaban J connectivity index is 2.12. The zero-order chi connectivity index (χ0) is 16.5. The van der Waals surface area contributed by atoms with E-state index in [4.69, 9.17) is 5.73 Å². The van der Waals surface area contributed by atoms with Crippen molar-refractivity contribution in [2.24, 2.45) is 11.7 Å². The monoisotopic (exact) mass is 351 g/mol. The van der Waals surface area contributed by atoms with Gasteiger partial charge in [0, 0.05) is 12.6 Å². The summed E-state index contributed by atoms with van der Waals surface area (Å²) >= 11 is 0. The first-order valence-electron chi connectivity index (χ1n) is 6.61. The van der Waals surface area contributed by atoms with Crippen LogP contribution >= 0.6 is 0 Å². The third kappa shape index (κ3) is 4.63. The molecule has 22 heavy (non-hydrogen) atoms. The van der Waals surface area contributed by atoms with Crippen LogP contribution in [0, 0.1) is 11.7 Å². The van der Waals surface area contributed by atoms with Gasteiger partial charge >= 0.3 is 0 Å². The van der Waals surface area contributed by atoms with Gasteiger partial charge in [0.15, 0.2) is 0 Å². The Morgan fingerprint density at radius 3 is 2.45 bits per heavy atom. The Morgan fingerprint density at radius 2 is 1.95 bits per heavy atom. The number of hydrogen-bond acceptors (Lipinski definition) is 5. The van der Waals surface area contributed by atoms with E-state index in [1.54, 1.807) is 0 Å². The predicted octanol–water partition coefficient (Wildman–Crippen LogP) is 0.213. The average molecular weight is 351 g/mol. The molecule has 1 unspecified atom stereocenters. The van der Waals surface area contributed by atoms with Crippen molar-refractivity contribution in [3.63, 3.8) is 0 Å². The molecule has 4 N–H and O–H groups in total. The molecule has 2 rings (SSSR count). The van der Waals surface area contributed by atoms with E-state index in [-0.39, 0.29) is 23.2 Å². The normalized spacial score (nSPS) is 17.2. The molecule has 0 aromatic heterocycles. The number of nitrogens with one attached hydrogen (secondary N) is 2. The molecule has 124 valence electrons. The van der Waals surface area contributed by atoms with Crippen molar-refractivity contribution in [1.29, 1.82) is 0 Å². The van der Waals surface area contributed by atoms with Crippen LogP contribution in [-0.4, -0.2) is 35.7 Å². The molecule has 0 bridgehead atoms. The highest BCUT2D eigenvalue weighted by Gasteiger charge is 2.29. The summed E-state index contributed by atoms with van der Waals surface area (Å²) in [5.41, 5.74) is 5.50. The summed E-state index contributed by atoms with van der Waals surface area (Å²) in [7, 11) is -7.53. The van der Waals surface area contributed by atoms with Crippen LogP contribution in [0.4, 0.5) is 10.1 Å². The van der Waals surface area contributed by atoms with Crippen LogP contribution in [0.5, 0.6) is 0 Å². The van der Waals surface area contributed by atoms with Crippen LogP contribution in [0.2, 0.25) is 0 Å². The van der Waals surface area contributed by atoms with Crippen molar-refractivity contribution in [3.8, 4) is 0 Å². The summed E-state index contributed by atoms with van der Waals surface area (Å²) in [6.45, 7) is 0.0813. The predicted molar refractivity (Wildman–Crippen MR) is 80.8 cm³/mol. The van der Waals surface area contributed by atoms with Gasteiger partial charge in [-0.3, -0.25) is 4.72 Å². The second kappa shape index (κ2) is 6.11. The van der Waals surface area contributed by atoms with Crippen LogP contribution in [0.3, 0.4) is 0 Å².